The fraction of sp³-hybridized carbons (Fsp3) is 0.435. The third kappa shape index (κ3) is 6.13. The molecule has 1 unspecified atom stereocenters. The number of rotatable bonds is 9. The maximum atomic E-state index is 12.4. The number of aliphatic imine (C=N–C) groups is 1. The van der Waals surface area contributed by atoms with E-state index >= 15 is 0 Å². The molecule has 168 valence electrons. The van der Waals surface area contributed by atoms with Crippen molar-refractivity contribution in [1.82, 2.24) is 10.6 Å². The molecular weight excluding hydrogens is 414 g/mol. The van der Waals surface area contributed by atoms with Crippen LogP contribution in [0.5, 0.6) is 11.5 Å². The Labute approximate surface area is 184 Å². The molecule has 2 aromatic carbocycles. The summed E-state index contributed by atoms with van der Waals surface area (Å²) in [6.45, 7) is 5.62. The highest BCUT2D eigenvalue weighted by Gasteiger charge is 2.22. The predicted molar refractivity (Wildman–Crippen MR) is 123 cm³/mol. The quantitative estimate of drug-likeness (QED) is 0.351. The van der Waals surface area contributed by atoms with Crippen molar-refractivity contribution in [2.45, 2.75) is 44.2 Å². The second kappa shape index (κ2) is 10.5. The van der Waals surface area contributed by atoms with E-state index in [0.717, 1.165) is 23.5 Å². The lowest BCUT2D eigenvalue weighted by Gasteiger charge is -2.15. The van der Waals surface area contributed by atoms with Crippen molar-refractivity contribution >= 4 is 15.8 Å². The molecule has 0 saturated carbocycles. The van der Waals surface area contributed by atoms with Crippen LogP contribution in [0.3, 0.4) is 0 Å². The lowest BCUT2D eigenvalue weighted by molar-refractivity contribution is 0.254. The Balaban J connectivity index is 1.52. The number of nitrogens with zero attached hydrogens (tertiary/aromatic N) is 1. The van der Waals surface area contributed by atoms with E-state index in [4.69, 9.17) is 9.47 Å². The van der Waals surface area contributed by atoms with E-state index in [-0.39, 0.29) is 11.9 Å². The van der Waals surface area contributed by atoms with Crippen LogP contribution < -0.4 is 20.1 Å². The van der Waals surface area contributed by atoms with Crippen LogP contribution in [-0.4, -0.2) is 46.4 Å². The van der Waals surface area contributed by atoms with Gasteiger partial charge in [0.2, 0.25) is 0 Å². The highest BCUT2D eigenvalue weighted by Crippen LogP contribution is 2.35. The van der Waals surface area contributed by atoms with Crippen molar-refractivity contribution in [3.63, 3.8) is 0 Å². The van der Waals surface area contributed by atoms with Gasteiger partial charge in [0.15, 0.2) is 15.8 Å². The van der Waals surface area contributed by atoms with Gasteiger partial charge in [-0.15, -0.1) is 0 Å². The van der Waals surface area contributed by atoms with E-state index in [1.165, 1.54) is 5.56 Å². The Kier molecular flexibility index (Phi) is 7.79. The zero-order chi connectivity index (χ0) is 22.3. The molecule has 0 spiro atoms. The summed E-state index contributed by atoms with van der Waals surface area (Å²) in [5.74, 6) is 2.43. The number of ether oxygens (including phenoxy) is 2. The van der Waals surface area contributed by atoms with Crippen molar-refractivity contribution in [3.8, 4) is 11.5 Å². The molecule has 0 saturated heterocycles. The monoisotopic (exact) mass is 445 g/mol. The molecule has 0 radical (unpaired) electrons. The molecule has 0 bridgehead atoms. The van der Waals surface area contributed by atoms with Gasteiger partial charge in [-0.3, -0.25) is 4.99 Å². The fourth-order valence-electron chi connectivity index (χ4n) is 3.52. The summed E-state index contributed by atoms with van der Waals surface area (Å²) in [5, 5.41) is 6.45. The summed E-state index contributed by atoms with van der Waals surface area (Å²) in [6.07, 6.45) is 1.54. The summed E-state index contributed by atoms with van der Waals surface area (Å²) in [6, 6.07) is 12.6. The summed E-state index contributed by atoms with van der Waals surface area (Å²) >= 11 is 0. The molecule has 1 heterocycles. The predicted octanol–water partition coefficient (Wildman–Crippen LogP) is 2.94. The van der Waals surface area contributed by atoms with Crippen LogP contribution >= 0.6 is 0 Å². The lowest BCUT2D eigenvalue weighted by atomic mass is 10.1. The molecule has 0 amide bonds. The van der Waals surface area contributed by atoms with Crippen LogP contribution in [-0.2, 0) is 22.8 Å². The lowest BCUT2D eigenvalue weighted by Crippen LogP contribution is -2.37. The Bertz CT molecular complexity index is 1010. The summed E-state index contributed by atoms with van der Waals surface area (Å²) < 4.78 is 36.4. The van der Waals surface area contributed by atoms with E-state index in [1.807, 2.05) is 13.0 Å². The first-order valence-corrected chi connectivity index (χ1v) is 12.3. The highest BCUT2D eigenvalue weighted by atomic mass is 32.2. The number of nitrogens with one attached hydrogen (secondary N) is 2. The Morgan fingerprint density at radius 3 is 2.71 bits per heavy atom. The zero-order valence-electron chi connectivity index (χ0n) is 18.3. The maximum Gasteiger partial charge on any atom is 0.191 e. The highest BCUT2D eigenvalue weighted by molar-refractivity contribution is 7.91. The second-order valence-corrected chi connectivity index (χ2v) is 9.58. The molecule has 1 aliphatic heterocycles. The molecule has 0 aromatic heterocycles. The smallest absolute Gasteiger partial charge is 0.191 e. The summed E-state index contributed by atoms with van der Waals surface area (Å²) in [7, 11) is -1.59. The number of sulfone groups is 1. The van der Waals surface area contributed by atoms with E-state index < -0.39 is 9.84 Å². The SMILES string of the molecule is CCOc1cc2c(cc1CNC(=NC)NCCCS(=O)(=O)c1ccccc1)OC(C)C2. The normalized spacial score (nSPS) is 15.8. The minimum Gasteiger partial charge on any atom is -0.494 e. The third-order valence-corrected chi connectivity index (χ3v) is 6.85. The first-order chi connectivity index (χ1) is 14.9. The molecular formula is C23H31N3O4S. The zero-order valence-corrected chi connectivity index (χ0v) is 19.2. The molecule has 31 heavy (non-hydrogen) atoms. The number of guanidine groups is 1. The average molecular weight is 446 g/mol. The van der Waals surface area contributed by atoms with Gasteiger partial charge >= 0.3 is 0 Å². The Morgan fingerprint density at radius 1 is 1.23 bits per heavy atom. The number of benzene rings is 2. The Hall–Kier alpha value is -2.74. The van der Waals surface area contributed by atoms with Crippen molar-refractivity contribution in [2.24, 2.45) is 4.99 Å². The molecule has 3 rings (SSSR count). The molecule has 8 heteroatoms. The topological polar surface area (TPSA) is 89.0 Å². The number of hydrogen-bond donors (Lipinski definition) is 2. The Morgan fingerprint density at radius 2 is 2.00 bits per heavy atom. The molecule has 1 aliphatic rings. The van der Waals surface area contributed by atoms with Crippen LogP contribution in [0, 0.1) is 0 Å². The molecule has 7 nitrogen and oxygen atoms in total. The van der Waals surface area contributed by atoms with Crippen LogP contribution in [0.2, 0.25) is 0 Å². The molecule has 0 fully saturated rings. The van der Waals surface area contributed by atoms with Gasteiger partial charge in [-0.25, -0.2) is 8.42 Å². The average Bonchev–Trinajstić information content (AvgIpc) is 3.12. The van der Waals surface area contributed by atoms with Crippen molar-refractivity contribution in [3.05, 3.63) is 53.6 Å². The summed E-state index contributed by atoms with van der Waals surface area (Å²) in [5.41, 5.74) is 2.16. The van der Waals surface area contributed by atoms with E-state index in [2.05, 4.69) is 28.6 Å². The molecule has 2 aromatic rings. The molecule has 2 N–H and O–H groups in total. The van der Waals surface area contributed by atoms with E-state index in [9.17, 15) is 8.42 Å². The van der Waals surface area contributed by atoms with Gasteiger partial charge in [0.25, 0.3) is 0 Å². The van der Waals surface area contributed by atoms with Gasteiger partial charge in [0.1, 0.15) is 17.6 Å². The summed E-state index contributed by atoms with van der Waals surface area (Å²) in [4.78, 5) is 4.58. The van der Waals surface area contributed by atoms with Gasteiger partial charge in [-0.1, -0.05) is 18.2 Å². The molecule has 1 atom stereocenters. The molecule has 0 aliphatic carbocycles. The largest absolute Gasteiger partial charge is 0.494 e. The van der Waals surface area contributed by atoms with Crippen LogP contribution in [0.25, 0.3) is 0 Å². The van der Waals surface area contributed by atoms with Crippen LogP contribution in [0.15, 0.2) is 52.4 Å². The minimum absolute atomic E-state index is 0.0792. The number of hydrogen-bond acceptors (Lipinski definition) is 5. The number of fused-ring (bicyclic) bond motifs is 1. The van der Waals surface area contributed by atoms with Crippen LogP contribution in [0.4, 0.5) is 0 Å². The first-order valence-electron chi connectivity index (χ1n) is 10.6. The van der Waals surface area contributed by atoms with Gasteiger partial charge in [-0.05, 0) is 44.5 Å². The standard InChI is InChI=1S/C23H31N3O4S/c1-4-29-21-14-18-13-17(2)30-22(18)15-19(21)16-26-23(24-3)25-11-8-12-31(27,28)20-9-6-5-7-10-20/h5-7,9-10,14-15,17H,4,8,11-13,16H2,1-3H3,(H2,24,25,26). The minimum atomic E-state index is -3.27. The van der Waals surface area contributed by atoms with Crippen molar-refractivity contribution in [1.29, 1.82) is 0 Å². The van der Waals surface area contributed by atoms with E-state index in [1.54, 1.807) is 37.4 Å². The first kappa shape index (κ1) is 22.9. The van der Waals surface area contributed by atoms with Gasteiger partial charge in [0, 0.05) is 37.7 Å². The van der Waals surface area contributed by atoms with Crippen molar-refractivity contribution < 1.29 is 17.9 Å². The second-order valence-electron chi connectivity index (χ2n) is 7.47. The third-order valence-electron chi connectivity index (χ3n) is 5.03. The van der Waals surface area contributed by atoms with E-state index in [0.29, 0.717) is 37.0 Å². The van der Waals surface area contributed by atoms with Gasteiger partial charge in [-0.2, -0.15) is 0 Å². The van der Waals surface area contributed by atoms with Gasteiger partial charge < -0.3 is 20.1 Å². The fourth-order valence-corrected chi connectivity index (χ4v) is 4.86. The van der Waals surface area contributed by atoms with Crippen LogP contribution in [0.1, 0.15) is 31.4 Å². The van der Waals surface area contributed by atoms with Gasteiger partial charge in [0.05, 0.1) is 17.3 Å². The van der Waals surface area contributed by atoms with Crippen molar-refractivity contribution in [2.75, 3.05) is 26.0 Å². The maximum absolute atomic E-state index is 12.4.